The third-order valence-electron chi connectivity index (χ3n) is 7.41. The van der Waals surface area contributed by atoms with Crippen molar-refractivity contribution in [2.24, 2.45) is 11.3 Å². The number of carbonyl (C=O) groups is 1. The Labute approximate surface area is 164 Å². The molecule has 5 rings (SSSR count). The number of nitriles is 1. The molecule has 4 aliphatic heterocycles. The third-order valence-corrected chi connectivity index (χ3v) is 7.41. The van der Waals surface area contributed by atoms with Crippen LogP contribution in [0, 0.1) is 22.7 Å². The minimum Gasteiger partial charge on any atom is -0.395 e. The molecule has 9 heteroatoms. The van der Waals surface area contributed by atoms with E-state index in [0.29, 0.717) is 19.4 Å². The Kier molecular flexibility index (Phi) is 3.58. The number of carbonyl (C=O) groups excluding carboxylic acids is 1. The topological polar surface area (TPSA) is 82.8 Å². The van der Waals surface area contributed by atoms with Gasteiger partial charge in [0.15, 0.2) is 0 Å². The number of hydrogen-bond acceptors (Lipinski definition) is 5. The van der Waals surface area contributed by atoms with Crippen LogP contribution in [-0.4, -0.2) is 41.7 Å². The van der Waals surface area contributed by atoms with Gasteiger partial charge in [-0.2, -0.15) is 18.4 Å². The van der Waals surface area contributed by atoms with E-state index in [4.69, 9.17) is 14.7 Å². The quantitative estimate of drug-likeness (QED) is 0.814. The third kappa shape index (κ3) is 2.04. The monoisotopic (exact) mass is 408 g/mol. The van der Waals surface area contributed by atoms with E-state index in [0.717, 1.165) is 18.6 Å². The molecular weight excluding hydrogens is 389 g/mol. The number of nitrogens with zero attached hydrogens (tertiary/aromatic N) is 2. The van der Waals surface area contributed by atoms with Crippen LogP contribution in [0.4, 0.5) is 18.9 Å². The number of rotatable bonds is 2. The van der Waals surface area contributed by atoms with Crippen molar-refractivity contribution >= 4 is 11.6 Å². The number of hydrogen-bond donors (Lipinski definition) is 1. The van der Waals surface area contributed by atoms with Gasteiger partial charge in [0.2, 0.25) is 5.91 Å². The van der Waals surface area contributed by atoms with Gasteiger partial charge in [-0.1, -0.05) is 0 Å². The first kappa shape index (κ1) is 18.9. The van der Waals surface area contributed by atoms with Gasteiger partial charge in [-0.15, -0.1) is 0 Å². The van der Waals surface area contributed by atoms with Crippen molar-refractivity contribution in [1.82, 2.24) is 0 Å². The molecule has 6 nitrogen and oxygen atoms in total. The minimum atomic E-state index is -4.74. The summed E-state index contributed by atoms with van der Waals surface area (Å²) in [7, 11) is 0. The highest BCUT2D eigenvalue weighted by Crippen LogP contribution is 2.71. The summed E-state index contributed by atoms with van der Waals surface area (Å²) in [5, 5.41) is 19.4. The van der Waals surface area contributed by atoms with Crippen LogP contribution in [0.1, 0.15) is 37.3 Å². The van der Waals surface area contributed by atoms with Crippen LogP contribution >= 0.6 is 0 Å². The van der Waals surface area contributed by atoms with Crippen molar-refractivity contribution in [3.8, 4) is 6.07 Å². The van der Waals surface area contributed by atoms with Crippen molar-refractivity contribution in [2.75, 3.05) is 18.1 Å². The predicted molar refractivity (Wildman–Crippen MR) is 92.5 cm³/mol. The molecule has 1 aromatic carbocycles. The molecule has 4 saturated heterocycles. The molecule has 4 aliphatic rings. The Morgan fingerprint density at radius 3 is 2.76 bits per heavy atom. The van der Waals surface area contributed by atoms with Gasteiger partial charge in [-0.3, -0.25) is 9.69 Å². The van der Waals surface area contributed by atoms with E-state index in [1.54, 1.807) is 13.0 Å². The zero-order valence-corrected chi connectivity index (χ0v) is 15.6. The van der Waals surface area contributed by atoms with Gasteiger partial charge < -0.3 is 14.6 Å². The molecular formula is C20H19F3N2O4. The Hall–Kier alpha value is -2.15. The minimum absolute atomic E-state index is 0.00796. The lowest BCUT2D eigenvalue weighted by Crippen LogP contribution is -2.56. The zero-order valence-electron chi connectivity index (χ0n) is 15.6. The molecule has 154 valence electrons. The molecule has 0 saturated carbocycles. The lowest BCUT2D eigenvalue weighted by atomic mass is 9.57. The summed E-state index contributed by atoms with van der Waals surface area (Å²) in [6, 6.07) is 4.76. The number of halogens is 3. The van der Waals surface area contributed by atoms with Crippen LogP contribution in [0.15, 0.2) is 18.2 Å². The van der Waals surface area contributed by atoms with Gasteiger partial charge in [0, 0.05) is 12.1 Å². The van der Waals surface area contributed by atoms with E-state index in [1.165, 1.54) is 11.0 Å². The first-order valence-corrected chi connectivity index (χ1v) is 9.51. The molecule has 2 bridgehead atoms. The van der Waals surface area contributed by atoms with Crippen molar-refractivity contribution < 1.29 is 32.5 Å². The average Bonchev–Trinajstić information content (AvgIpc) is 3.24. The highest BCUT2D eigenvalue weighted by Gasteiger charge is 2.82. The molecule has 1 spiro atoms. The van der Waals surface area contributed by atoms with E-state index < -0.39 is 58.6 Å². The fourth-order valence-corrected chi connectivity index (χ4v) is 6.12. The van der Waals surface area contributed by atoms with Crippen LogP contribution in [0.2, 0.25) is 0 Å². The van der Waals surface area contributed by atoms with E-state index in [1.807, 2.05) is 0 Å². The number of alkyl halides is 3. The number of fused-ring (bicyclic) bond motifs is 2. The van der Waals surface area contributed by atoms with Gasteiger partial charge in [0.1, 0.15) is 11.6 Å². The summed E-state index contributed by atoms with van der Waals surface area (Å²) in [5.41, 5.74) is -4.39. The van der Waals surface area contributed by atoms with E-state index >= 15 is 0 Å². The standard InChI is InChI=1S/C20H19F3N2O4/c1-17-4-5-18(29-17)6-7-28-15-14(18)19(17,10-26)16(27)25(15)12-3-2-11(9-24)13(8-12)20(21,22)23/h2-3,8,14-15,26H,4-7,10H2,1H3/t14?,15?,17?,18?,19-/m1/s1. The first-order chi connectivity index (χ1) is 13.6. The van der Waals surface area contributed by atoms with Crippen molar-refractivity contribution in [2.45, 2.75) is 49.8 Å². The SMILES string of the molecule is CC12CCC3(CCOC4C3[C@]1(CO)C(=O)N4c1ccc(C#N)c(C(F)(F)F)c1)O2. The van der Waals surface area contributed by atoms with Gasteiger partial charge in [0.25, 0.3) is 0 Å². The molecule has 29 heavy (non-hydrogen) atoms. The smallest absolute Gasteiger partial charge is 0.395 e. The lowest BCUT2D eigenvalue weighted by Gasteiger charge is -2.44. The average molecular weight is 408 g/mol. The summed E-state index contributed by atoms with van der Waals surface area (Å²) >= 11 is 0. The summed E-state index contributed by atoms with van der Waals surface area (Å²) in [6.45, 7) is 1.65. The zero-order chi connectivity index (χ0) is 20.8. The summed E-state index contributed by atoms with van der Waals surface area (Å²) < 4.78 is 52.6. The summed E-state index contributed by atoms with van der Waals surface area (Å²) in [5.74, 6) is -0.955. The molecule has 0 aromatic heterocycles. The van der Waals surface area contributed by atoms with Crippen molar-refractivity contribution in [3.63, 3.8) is 0 Å². The molecule has 4 unspecified atom stereocenters. The number of anilines is 1. The number of amides is 1. The molecule has 4 fully saturated rings. The van der Waals surface area contributed by atoms with Gasteiger partial charge in [-0.05, 0) is 38.0 Å². The Balaban J connectivity index is 1.68. The normalized spacial score (nSPS) is 40.3. The Morgan fingerprint density at radius 1 is 1.34 bits per heavy atom. The number of aliphatic hydroxyl groups excluding tert-OH is 1. The van der Waals surface area contributed by atoms with E-state index in [2.05, 4.69) is 0 Å². The van der Waals surface area contributed by atoms with Crippen LogP contribution in [0.3, 0.4) is 0 Å². The largest absolute Gasteiger partial charge is 0.417 e. The van der Waals surface area contributed by atoms with Crippen LogP contribution < -0.4 is 4.90 Å². The van der Waals surface area contributed by atoms with Crippen LogP contribution in [0.5, 0.6) is 0 Å². The second-order valence-electron chi connectivity index (χ2n) is 8.53. The molecule has 1 amide bonds. The fourth-order valence-electron chi connectivity index (χ4n) is 6.12. The van der Waals surface area contributed by atoms with Crippen molar-refractivity contribution in [3.05, 3.63) is 29.3 Å². The summed E-state index contributed by atoms with van der Waals surface area (Å²) in [4.78, 5) is 14.9. The lowest BCUT2D eigenvalue weighted by molar-refractivity contribution is -0.144. The van der Waals surface area contributed by atoms with Gasteiger partial charge in [-0.25, -0.2) is 0 Å². The van der Waals surface area contributed by atoms with E-state index in [-0.39, 0.29) is 5.69 Å². The van der Waals surface area contributed by atoms with E-state index in [9.17, 15) is 23.1 Å². The van der Waals surface area contributed by atoms with Gasteiger partial charge in [0.05, 0.1) is 47.5 Å². The molecule has 4 heterocycles. The molecule has 1 N–H and O–H groups in total. The highest BCUT2D eigenvalue weighted by atomic mass is 19.4. The molecule has 1 aromatic rings. The number of ether oxygens (including phenoxy) is 2. The Morgan fingerprint density at radius 2 is 2.10 bits per heavy atom. The maximum Gasteiger partial charge on any atom is 0.417 e. The maximum atomic E-state index is 13.6. The Bertz CT molecular complexity index is 956. The molecule has 0 aliphatic carbocycles. The second kappa shape index (κ2) is 5.50. The number of benzene rings is 1. The van der Waals surface area contributed by atoms with Gasteiger partial charge >= 0.3 is 6.18 Å². The fraction of sp³-hybridized carbons (Fsp3) is 0.600. The molecule has 5 atom stereocenters. The number of aliphatic hydroxyl groups is 1. The highest BCUT2D eigenvalue weighted by molar-refractivity contribution is 6.03. The van der Waals surface area contributed by atoms with Crippen LogP contribution in [-0.2, 0) is 20.4 Å². The maximum absolute atomic E-state index is 13.6. The summed E-state index contributed by atoms with van der Waals surface area (Å²) in [6.07, 6.45) is -3.67. The predicted octanol–water partition coefficient (Wildman–Crippen LogP) is 2.59. The van der Waals surface area contributed by atoms with Crippen LogP contribution in [0.25, 0.3) is 0 Å². The molecule has 0 radical (unpaired) electrons. The van der Waals surface area contributed by atoms with Crippen molar-refractivity contribution in [1.29, 1.82) is 5.26 Å². The second-order valence-corrected chi connectivity index (χ2v) is 8.53. The first-order valence-electron chi connectivity index (χ1n) is 9.51.